The van der Waals surface area contributed by atoms with Crippen LogP contribution in [-0.4, -0.2) is 40.6 Å². The highest BCUT2D eigenvalue weighted by Crippen LogP contribution is 2.25. The van der Waals surface area contributed by atoms with Crippen molar-refractivity contribution in [2.75, 3.05) is 5.32 Å². The third-order valence-corrected chi connectivity index (χ3v) is 5.26. The maximum atomic E-state index is 12.8. The monoisotopic (exact) mass is 397 g/mol. The molecule has 0 radical (unpaired) electrons. The summed E-state index contributed by atoms with van der Waals surface area (Å²) in [5.41, 5.74) is 0.982. The van der Waals surface area contributed by atoms with Gasteiger partial charge >= 0.3 is 5.63 Å². The van der Waals surface area contributed by atoms with Crippen LogP contribution in [0.25, 0.3) is 11.0 Å². The minimum atomic E-state index is -0.951. The van der Waals surface area contributed by atoms with E-state index in [0.29, 0.717) is 17.7 Å². The van der Waals surface area contributed by atoms with Gasteiger partial charge in [-0.25, -0.2) is 4.79 Å². The van der Waals surface area contributed by atoms with Crippen LogP contribution in [0.1, 0.15) is 31.2 Å². The molecule has 2 atom stereocenters. The number of carbonyl (C=O) groups is 4. The van der Waals surface area contributed by atoms with E-state index in [0.717, 1.165) is 15.8 Å². The van der Waals surface area contributed by atoms with E-state index in [2.05, 4.69) is 10.6 Å². The molecule has 0 unspecified atom stereocenters. The summed E-state index contributed by atoms with van der Waals surface area (Å²) in [6.07, 6.45) is 0.810. The van der Waals surface area contributed by atoms with Crippen molar-refractivity contribution >= 4 is 40.3 Å². The van der Waals surface area contributed by atoms with Crippen molar-refractivity contribution in [3.63, 3.8) is 0 Å². The Hall–Kier alpha value is -3.49. The number of anilines is 1. The molecule has 2 aliphatic rings. The number of rotatable bonds is 3. The van der Waals surface area contributed by atoms with Gasteiger partial charge in [0.05, 0.1) is 0 Å². The van der Waals surface area contributed by atoms with Crippen molar-refractivity contribution in [1.29, 1.82) is 0 Å². The van der Waals surface area contributed by atoms with Crippen LogP contribution in [-0.2, 0) is 19.2 Å². The fourth-order valence-corrected chi connectivity index (χ4v) is 3.80. The zero-order valence-electron chi connectivity index (χ0n) is 15.7. The zero-order chi connectivity index (χ0) is 20.7. The summed E-state index contributed by atoms with van der Waals surface area (Å²) in [5, 5.41) is 5.96. The van der Waals surface area contributed by atoms with Gasteiger partial charge in [-0.2, -0.15) is 0 Å². The Labute approximate surface area is 165 Å². The highest BCUT2D eigenvalue weighted by molar-refractivity contribution is 6.08. The molecular formula is C20H19N3O6. The van der Waals surface area contributed by atoms with E-state index in [9.17, 15) is 24.0 Å². The number of fused-ring (bicyclic) bond motifs is 1. The number of aryl methyl sites for hydroxylation is 1. The molecule has 3 heterocycles. The van der Waals surface area contributed by atoms with Crippen LogP contribution >= 0.6 is 0 Å². The van der Waals surface area contributed by atoms with Crippen LogP contribution in [0.2, 0.25) is 0 Å². The Morgan fingerprint density at radius 2 is 1.93 bits per heavy atom. The van der Waals surface area contributed by atoms with Gasteiger partial charge in [0, 0.05) is 36.0 Å². The van der Waals surface area contributed by atoms with Gasteiger partial charge in [0.15, 0.2) is 0 Å². The topological polar surface area (TPSA) is 126 Å². The minimum Gasteiger partial charge on any atom is -0.423 e. The summed E-state index contributed by atoms with van der Waals surface area (Å²) in [5.74, 6) is -1.75. The van der Waals surface area contributed by atoms with Crippen molar-refractivity contribution in [1.82, 2.24) is 10.2 Å². The number of amides is 4. The first kappa shape index (κ1) is 18.9. The molecule has 2 aromatic rings. The van der Waals surface area contributed by atoms with Crippen LogP contribution in [0.5, 0.6) is 0 Å². The van der Waals surface area contributed by atoms with Crippen molar-refractivity contribution in [2.45, 2.75) is 44.7 Å². The summed E-state index contributed by atoms with van der Waals surface area (Å²) < 4.78 is 5.18. The lowest BCUT2D eigenvalue weighted by Gasteiger charge is -2.25. The maximum Gasteiger partial charge on any atom is 0.336 e. The largest absolute Gasteiger partial charge is 0.423 e. The first-order chi connectivity index (χ1) is 13.8. The van der Waals surface area contributed by atoms with E-state index in [4.69, 9.17) is 4.42 Å². The van der Waals surface area contributed by atoms with Gasteiger partial charge in [0.2, 0.25) is 17.7 Å². The number of likely N-dealkylation sites (tertiary alicyclic amines) is 1. The molecule has 0 spiro atoms. The number of benzene rings is 1. The second kappa shape index (κ2) is 7.16. The Morgan fingerprint density at radius 1 is 1.14 bits per heavy atom. The third-order valence-electron chi connectivity index (χ3n) is 5.26. The van der Waals surface area contributed by atoms with Gasteiger partial charge in [-0.05, 0) is 37.5 Å². The van der Waals surface area contributed by atoms with E-state index in [1.54, 1.807) is 19.1 Å². The van der Waals surface area contributed by atoms with Gasteiger partial charge in [-0.1, -0.05) is 0 Å². The second-order valence-corrected chi connectivity index (χ2v) is 7.26. The van der Waals surface area contributed by atoms with E-state index in [-0.39, 0.29) is 25.2 Å². The van der Waals surface area contributed by atoms with Crippen molar-refractivity contribution in [3.05, 3.63) is 40.2 Å². The summed E-state index contributed by atoms with van der Waals surface area (Å²) in [7, 11) is 0. The molecule has 0 saturated carbocycles. The zero-order valence-corrected chi connectivity index (χ0v) is 15.7. The van der Waals surface area contributed by atoms with Gasteiger partial charge in [0.1, 0.15) is 17.7 Å². The first-order valence-corrected chi connectivity index (χ1v) is 9.34. The SMILES string of the molecule is Cc1cc(=O)oc2cc(NC(=O)[C@@H]3CCC(=O)N3C(=O)[C@@H]3CCC(=O)N3)ccc12. The molecule has 9 heteroatoms. The lowest BCUT2D eigenvalue weighted by atomic mass is 10.1. The lowest BCUT2D eigenvalue weighted by Crippen LogP contribution is -2.51. The van der Waals surface area contributed by atoms with E-state index in [1.165, 1.54) is 12.1 Å². The van der Waals surface area contributed by atoms with Crippen molar-refractivity contribution < 1.29 is 23.6 Å². The minimum absolute atomic E-state index is 0.0796. The molecule has 0 bridgehead atoms. The number of carbonyl (C=O) groups excluding carboxylic acids is 4. The summed E-state index contributed by atoms with van der Waals surface area (Å²) >= 11 is 0. The molecule has 1 aromatic heterocycles. The molecule has 1 aromatic carbocycles. The standard InChI is InChI=1S/C20H19N3O6/c1-10-8-18(26)29-15-9-11(2-3-12(10)15)21-19(27)14-5-7-17(25)23(14)20(28)13-4-6-16(24)22-13/h2-3,8-9,13-14H,4-7H2,1H3,(H,21,27)(H,22,24)/t13-,14-/m0/s1. The summed E-state index contributed by atoms with van der Waals surface area (Å²) in [6.45, 7) is 1.78. The Morgan fingerprint density at radius 3 is 2.66 bits per heavy atom. The van der Waals surface area contributed by atoms with E-state index < -0.39 is 35.4 Å². The molecule has 4 rings (SSSR count). The Kier molecular flexibility index (Phi) is 4.65. The molecule has 9 nitrogen and oxygen atoms in total. The van der Waals surface area contributed by atoms with Crippen LogP contribution in [0.3, 0.4) is 0 Å². The molecule has 29 heavy (non-hydrogen) atoms. The van der Waals surface area contributed by atoms with Gasteiger partial charge < -0.3 is 15.1 Å². The normalized spacial score (nSPS) is 21.5. The number of imide groups is 1. The molecule has 2 N–H and O–H groups in total. The molecule has 2 aliphatic heterocycles. The molecule has 2 fully saturated rings. The highest BCUT2D eigenvalue weighted by atomic mass is 16.4. The van der Waals surface area contributed by atoms with Crippen LogP contribution < -0.4 is 16.3 Å². The fraction of sp³-hybridized carbons (Fsp3) is 0.350. The number of hydrogen-bond donors (Lipinski definition) is 2. The predicted molar refractivity (Wildman–Crippen MR) is 102 cm³/mol. The van der Waals surface area contributed by atoms with Crippen molar-refractivity contribution in [3.8, 4) is 0 Å². The Balaban J connectivity index is 1.55. The average Bonchev–Trinajstić information content (AvgIpc) is 3.26. The smallest absolute Gasteiger partial charge is 0.336 e. The Bertz CT molecular complexity index is 1110. The van der Waals surface area contributed by atoms with E-state index >= 15 is 0 Å². The van der Waals surface area contributed by atoms with Gasteiger partial charge in [-0.15, -0.1) is 0 Å². The molecule has 150 valence electrons. The van der Waals surface area contributed by atoms with Gasteiger partial charge in [-0.3, -0.25) is 24.1 Å². The first-order valence-electron chi connectivity index (χ1n) is 9.34. The summed E-state index contributed by atoms with van der Waals surface area (Å²) in [6, 6.07) is 4.57. The second-order valence-electron chi connectivity index (χ2n) is 7.26. The van der Waals surface area contributed by atoms with Crippen LogP contribution in [0.15, 0.2) is 33.5 Å². The van der Waals surface area contributed by atoms with Gasteiger partial charge in [0.25, 0.3) is 5.91 Å². The molecule has 2 saturated heterocycles. The lowest BCUT2D eigenvalue weighted by molar-refractivity contribution is -0.148. The third kappa shape index (κ3) is 3.51. The quantitative estimate of drug-likeness (QED) is 0.584. The summed E-state index contributed by atoms with van der Waals surface area (Å²) in [4.78, 5) is 61.6. The molecule has 0 aliphatic carbocycles. The number of nitrogens with one attached hydrogen (secondary N) is 2. The van der Waals surface area contributed by atoms with E-state index in [1.807, 2.05) is 0 Å². The number of nitrogens with zero attached hydrogens (tertiary/aromatic N) is 1. The average molecular weight is 397 g/mol. The van der Waals surface area contributed by atoms with Crippen LogP contribution in [0, 0.1) is 6.92 Å². The van der Waals surface area contributed by atoms with Crippen molar-refractivity contribution in [2.24, 2.45) is 0 Å². The highest BCUT2D eigenvalue weighted by Gasteiger charge is 2.44. The predicted octanol–water partition coefficient (Wildman–Crippen LogP) is 0.836. The molecule has 4 amide bonds. The molecular weight excluding hydrogens is 378 g/mol. The maximum absolute atomic E-state index is 12.8. The fourth-order valence-electron chi connectivity index (χ4n) is 3.80. The van der Waals surface area contributed by atoms with Crippen LogP contribution in [0.4, 0.5) is 5.69 Å². The number of hydrogen-bond acceptors (Lipinski definition) is 6.